The van der Waals surface area contributed by atoms with Crippen molar-refractivity contribution >= 4 is 17.8 Å². The standard InChI is InChI=1S/C34H48N2O6/c1-5-7-8-16-22-41-32(40)28-27-30(38)36(20-14-9-10-15-21-37)29(34(27)23-25(3)33(28,4)42-34)31(39)35(19-6-2)24-26-17-12-11-13-18-26/h5-6,11-13,17-18,25,27-29,37H,1-2,7-10,14-16,19-24H2,3-4H3/t25?,27-,28-,29?,33+,34?/m0/s1. The number of nitrogens with zero attached hydrogens (tertiary/aromatic N) is 2. The van der Waals surface area contributed by atoms with Gasteiger partial charge in [-0.1, -0.05) is 62.2 Å². The minimum Gasteiger partial charge on any atom is -0.465 e. The second kappa shape index (κ2) is 14.0. The Morgan fingerprint density at radius 1 is 1.12 bits per heavy atom. The van der Waals surface area contributed by atoms with E-state index in [1.807, 2.05) is 50.3 Å². The molecule has 2 amide bonds. The van der Waals surface area contributed by atoms with E-state index in [0.717, 1.165) is 37.7 Å². The third-order valence-electron chi connectivity index (χ3n) is 9.53. The molecule has 3 fully saturated rings. The predicted octanol–water partition coefficient (Wildman–Crippen LogP) is 4.66. The van der Waals surface area contributed by atoms with E-state index in [0.29, 0.717) is 38.9 Å². The van der Waals surface area contributed by atoms with E-state index < -0.39 is 35.0 Å². The molecule has 8 heteroatoms. The molecule has 0 saturated carbocycles. The van der Waals surface area contributed by atoms with E-state index in [-0.39, 0.29) is 30.9 Å². The highest BCUT2D eigenvalue weighted by Gasteiger charge is 2.80. The zero-order valence-corrected chi connectivity index (χ0v) is 25.3. The van der Waals surface area contributed by atoms with Crippen molar-refractivity contribution in [1.29, 1.82) is 0 Å². The lowest BCUT2D eigenvalue weighted by molar-refractivity contribution is -0.162. The average Bonchev–Trinajstić information content (AvgIpc) is 3.49. The van der Waals surface area contributed by atoms with Gasteiger partial charge in [0.25, 0.3) is 0 Å². The van der Waals surface area contributed by atoms with Crippen LogP contribution in [-0.4, -0.2) is 76.2 Å². The van der Waals surface area contributed by atoms with Crippen LogP contribution in [0.3, 0.4) is 0 Å². The summed E-state index contributed by atoms with van der Waals surface area (Å²) in [7, 11) is 0. The first-order chi connectivity index (χ1) is 20.2. The van der Waals surface area contributed by atoms with Crippen LogP contribution >= 0.6 is 0 Å². The predicted molar refractivity (Wildman–Crippen MR) is 161 cm³/mol. The highest BCUT2D eigenvalue weighted by atomic mass is 16.6. The number of hydrogen-bond donors (Lipinski definition) is 1. The van der Waals surface area contributed by atoms with Crippen LogP contribution in [-0.2, 0) is 30.4 Å². The lowest BCUT2D eigenvalue weighted by atomic mass is 9.62. The zero-order valence-electron chi connectivity index (χ0n) is 25.3. The molecule has 3 saturated heterocycles. The number of rotatable bonds is 17. The lowest BCUT2D eigenvalue weighted by Gasteiger charge is -2.37. The molecule has 0 aromatic heterocycles. The van der Waals surface area contributed by atoms with Crippen LogP contribution in [0.25, 0.3) is 0 Å². The van der Waals surface area contributed by atoms with Gasteiger partial charge in [0.05, 0.1) is 18.1 Å². The maximum absolute atomic E-state index is 14.6. The number of hydrogen-bond acceptors (Lipinski definition) is 6. The van der Waals surface area contributed by atoms with E-state index >= 15 is 0 Å². The van der Waals surface area contributed by atoms with Gasteiger partial charge in [-0.3, -0.25) is 14.4 Å². The van der Waals surface area contributed by atoms with Gasteiger partial charge < -0.3 is 24.4 Å². The number of aliphatic hydroxyl groups excluding tert-OH is 1. The molecule has 3 aliphatic heterocycles. The molecule has 0 radical (unpaired) electrons. The molecule has 1 aromatic carbocycles. The number of ether oxygens (including phenoxy) is 2. The summed E-state index contributed by atoms with van der Waals surface area (Å²) in [4.78, 5) is 46.0. The Morgan fingerprint density at radius 2 is 1.86 bits per heavy atom. The number of esters is 1. The fourth-order valence-electron chi connectivity index (χ4n) is 7.38. The number of amides is 2. The number of fused-ring (bicyclic) bond motifs is 1. The van der Waals surface area contributed by atoms with E-state index in [2.05, 4.69) is 13.2 Å². The first kappa shape index (κ1) is 32.0. The second-order valence-electron chi connectivity index (χ2n) is 12.3. The largest absolute Gasteiger partial charge is 0.465 e. The number of likely N-dealkylation sites (tertiary alicyclic amines) is 1. The van der Waals surface area contributed by atoms with Gasteiger partial charge in [-0.05, 0) is 56.9 Å². The minimum absolute atomic E-state index is 0.0401. The van der Waals surface area contributed by atoms with Crippen LogP contribution in [0.5, 0.6) is 0 Å². The summed E-state index contributed by atoms with van der Waals surface area (Å²) in [5, 5.41) is 9.19. The van der Waals surface area contributed by atoms with Crippen molar-refractivity contribution in [2.75, 3.05) is 26.3 Å². The monoisotopic (exact) mass is 580 g/mol. The van der Waals surface area contributed by atoms with Crippen molar-refractivity contribution in [3.05, 3.63) is 61.2 Å². The van der Waals surface area contributed by atoms with Crippen molar-refractivity contribution in [1.82, 2.24) is 9.80 Å². The summed E-state index contributed by atoms with van der Waals surface area (Å²) in [5.74, 6) is -2.37. The van der Waals surface area contributed by atoms with Crippen LogP contribution in [0.2, 0.25) is 0 Å². The van der Waals surface area contributed by atoms with Crippen molar-refractivity contribution < 1.29 is 29.0 Å². The van der Waals surface area contributed by atoms with Crippen LogP contribution in [0.4, 0.5) is 0 Å². The highest BCUT2D eigenvalue weighted by molar-refractivity contribution is 5.98. The Kier molecular flexibility index (Phi) is 10.7. The third-order valence-corrected chi connectivity index (χ3v) is 9.53. The van der Waals surface area contributed by atoms with E-state index in [4.69, 9.17) is 9.47 Å². The fourth-order valence-corrected chi connectivity index (χ4v) is 7.38. The topological polar surface area (TPSA) is 96.4 Å². The average molecular weight is 581 g/mol. The molecule has 6 atom stereocenters. The first-order valence-electron chi connectivity index (χ1n) is 15.6. The van der Waals surface area contributed by atoms with Crippen LogP contribution in [0.1, 0.15) is 70.8 Å². The minimum atomic E-state index is -1.10. The molecule has 230 valence electrons. The van der Waals surface area contributed by atoms with Gasteiger partial charge >= 0.3 is 5.97 Å². The molecule has 42 heavy (non-hydrogen) atoms. The Bertz CT molecular complexity index is 1120. The summed E-state index contributed by atoms with van der Waals surface area (Å²) in [6.45, 7) is 13.1. The molecule has 4 rings (SSSR count). The van der Waals surface area contributed by atoms with Gasteiger partial charge in [0, 0.05) is 26.2 Å². The van der Waals surface area contributed by atoms with Gasteiger partial charge in [-0.2, -0.15) is 0 Å². The number of unbranched alkanes of at least 4 members (excludes halogenated alkanes) is 5. The van der Waals surface area contributed by atoms with E-state index in [1.165, 1.54) is 0 Å². The molecule has 1 N–H and O–H groups in total. The molecule has 3 heterocycles. The van der Waals surface area contributed by atoms with Crippen molar-refractivity contribution in [2.45, 2.75) is 89.0 Å². The summed E-state index contributed by atoms with van der Waals surface area (Å²) in [5.41, 5.74) is -1.01. The second-order valence-corrected chi connectivity index (χ2v) is 12.3. The quantitative estimate of drug-likeness (QED) is 0.164. The first-order valence-corrected chi connectivity index (χ1v) is 15.6. The Morgan fingerprint density at radius 3 is 2.55 bits per heavy atom. The summed E-state index contributed by atoms with van der Waals surface area (Å²) >= 11 is 0. The van der Waals surface area contributed by atoms with E-state index in [1.54, 1.807) is 15.9 Å². The number of carbonyl (C=O) groups excluding carboxylic acids is 3. The SMILES string of the molecule is C=CCCCCOC(=O)[C@@H]1[C@H]2C(=O)N(CCCCCCO)C(C(=O)N(CC=C)Cc3ccccc3)C23CC(C)[C@@]1(C)O3. The fraction of sp³-hybridized carbons (Fsp3) is 0.618. The molecule has 0 aliphatic carbocycles. The Labute approximate surface area is 250 Å². The van der Waals surface area contributed by atoms with Crippen molar-refractivity contribution in [3.63, 3.8) is 0 Å². The summed E-state index contributed by atoms with van der Waals surface area (Å²) in [6, 6.07) is 8.93. The van der Waals surface area contributed by atoms with Gasteiger partial charge in [0.2, 0.25) is 11.8 Å². The normalized spacial score (nSPS) is 29.4. The van der Waals surface area contributed by atoms with Gasteiger partial charge in [0.1, 0.15) is 17.6 Å². The summed E-state index contributed by atoms with van der Waals surface area (Å²) < 4.78 is 12.6. The number of benzene rings is 1. The van der Waals surface area contributed by atoms with Crippen LogP contribution in [0, 0.1) is 17.8 Å². The third kappa shape index (κ3) is 6.06. The molecular formula is C34H48N2O6. The molecule has 1 aromatic rings. The smallest absolute Gasteiger partial charge is 0.312 e. The Hall–Kier alpha value is -2.97. The number of aliphatic hydroxyl groups is 1. The number of carbonyl (C=O) groups is 3. The maximum Gasteiger partial charge on any atom is 0.312 e. The molecular weight excluding hydrogens is 532 g/mol. The molecule has 8 nitrogen and oxygen atoms in total. The maximum atomic E-state index is 14.6. The molecule has 2 bridgehead atoms. The number of allylic oxidation sites excluding steroid dienone is 1. The van der Waals surface area contributed by atoms with Crippen LogP contribution in [0.15, 0.2) is 55.6 Å². The summed E-state index contributed by atoms with van der Waals surface area (Å²) in [6.07, 6.45) is 9.59. The lowest BCUT2D eigenvalue weighted by Crippen LogP contribution is -2.56. The molecule has 3 unspecified atom stereocenters. The van der Waals surface area contributed by atoms with Crippen LogP contribution < -0.4 is 0 Å². The van der Waals surface area contributed by atoms with E-state index in [9.17, 15) is 19.5 Å². The van der Waals surface area contributed by atoms with Crippen molar-refractivity contribution in [3.8, 4) is 0 Å². The van der Waals surface area contributed by atoms with Gasteiger partial charge in [-0.15, -0.1) is 13.2 Å². The van der Waals surface area contributed by atoms with Gasteiger partial charge in [0.15, 0.2) is 0 Å². The van der Waals surface area contributed by atoms with Crippen molar-refractivity contribution in [2.24, 2.45) is 17.8 Å². The highest BCUT2D eigenvalue weighted by Crippen LogP contribution is 2.65. The van der Waals surface area contributed by atoms with Gasteiger partial charge in [-0.25, -0.2) is 0 Å². The zero-order chi connectivity index (χ0) is 30.3. The molecule has 1 spiro atoms. The molecule has 3 aliphatic rings. The Balaban J connectivity index is 1.66.